The molecule has 0 bridgehead atoms. The van der Waals surface area contributed by atoms with Gasteiger partial charge in [-0.2, -0.15) is 0 Å². The second-order valence-corrected chi connectivity index (χ2v) is 21.5. The molecule has 0 fully saturated rings. The van der Waals surface area contributed by atoms with Gasteiger partial charge in [0.2, 0.25) is 59.1 Å². The van der Waals surface area contributed by atoms with Gasteiger partial charge in [-0.25, -0.2) is 4.79 Å². The number of aliphatic carboxylic acids is 3. The molecule has 10 amide bonds. The quantitative estimate of drug-likeness (QED) is 0.0174. The first kappa shape index (κ1) is 72.6. The molecular formula is C53H86N14O16. The minimum Gasteiger partial charge on any atom is -0.481 e. The van der Waals surface area contributed by atoms with E-state index in [1.54, 1.807) is 85.7 Å². The Hall–Kier alpha value is -8.44. The molecule has 83 heavy (non-hydrogen) atoms. The number of guanidine groups is 1. The Morgan fingerprint density at radius 3 is 1.22 bits per heavy atom. The largest absolute Gasteiger partial charge is 0.481 e. The van der Waals surface area contributed by atoms with Gasteiger partial charge in [-0.1, -0.05) is 85.7 Å². The molecule has 0 aliphatic carbocycles. The van der Waals surface area contributed by atoms with Crippen molar-refractivity contribution >= 4 is 82.9 Å². The van der Waals surface area contributed by atoms with Gasteiger partial charge in [0.05, 0.1) is 19.4 Å². The highest BCUT2D eigenvalue weighted by atomic mass is 16.4. The van der Waals surface area contributed by atoms with Gasteiger partial charge >= 0.3 is 17.9 Å². The van der Waals surface area contributed by atoms with Gasteiger partial charge in [-0.05, 0) is 67.8 Å². The SMILES string of the molecule is CC(C)C[C@H](NC(=O)CN)C(=O)N[C@@H](CCC(N)=O)C(=O)N[C@@H](CC(=O)O)C(=O)N[C@@H](Cc1ccccc1)C(=O)N[C@@H](CC(=O)O)C(=O)N[C@@H](CC(C)C)C(=O)N[C@@H](CC(C)C)C(=O)N[C@@H](CCCN=C(N)N)C(=O)N[C@H](C(=O)O)C(C)C. The number of hydrogen-bond donors (Lipinski definition) is 16. The van der Waals surface area contributed by atoms with Crippen LogP contribution >= 0.6 is 0 Å². The van der Waals surface area contributed by atoms with Crippen molar-refractivity contribution in [2.75, 3.05) is 13.1 Å². The molecule has 30 nitrogen and oxygen atoms in total. The van der Waals surface area contributed by atoms with Crippen molar-refractivity contribution in [3.8, 4) is 0 Å². The van der Waals surface area contributed by atoms with Crippen LogP contribution in [-0.2, 0) is 68.7 Å². The van der Waals surface area contributed by atoms with Crippen LogP contribution in [0.3, 0.4) is 0 Å². The summed E-state index contributed by atoms with van der Waals surface area (Å²) in [6, 6.07) is -6.20. The zero-order valence-corrected chi connectivity index (χ0v) is 48.3. The molecule has 0 saturated carbocycles. The van der Waals surface area contributed by atoms with Crippen LogP contribution in [0.25, 0.3) is 0 Å². The number of nitrogens with two attached hydrogens (primary N) is 4. The first-order chi connectivity index (χ1) is 38.7. The minimum absolute atomic E-state index is 0.0168. The van der Waals surface area contributed by atoms with E-state index >= 15 is 0 Å². The van der Waals surface area contributed by atoms with Gasteiger partial charge in [-0.3, -0.25) is 62.5 Å². The van der Waals surface area contributed by atoms with Crippen molar-refractivity contribution in [2.45, 2.75) is 174 Å². The number of benzene rings is 1. The first-order valence-electron chi connectivity index (χ1n) is 27.2. The third kappa shape index (κ3) is 29.2. The highest BCUT2D eigenvalue weighted by Crippen LogP contribution is 2.14. The summed E-state index contributed by atoms with van der Waals surface area (Å²) >= 11 is 0. The number of carbonyl (C=O) groups excluding carboxylic acids is 10. The fourth-order valence-electron chi connectivity index (χ4n) is 8.19. The fourth-order valence-corrected chi connectivity index (χ4v) is 8.19. The van der Waals surface area contributed by atoms with E-state index in [1.807, 2.05) is 0 Å². The number of primary amides is 1. The van der Waals surface area contributed by atoms with Gasteiger partial charge in [0.15, 0.2) is 5.96 Å². The summed E-state index contributed by atoms with van der Waals surface area (Å²) < 4.78 is 0. The molecule has 0 aliphatic heterocycles. The van der Waals surface area contributed by atoms with Crippen molar-refractivity contribution in [3.05, 3.63) is 35.9 Å². The molecule has 20 N–H and O–H groups in total. The molecule has 0 heterocycles. The van der Waals surface area contributed by atoms with E-state index in [0.29, 0.717) is 5.56 Å². The fraction of sp³-hybridized carbons (Fsp3) is 0.623. The zero-order valence-electron chi connectivity index (χ0n) is 48.3. The number of carbonyl (C=O) groups is 13. The van der Waals surface area contributed by atoms with Gasteiger partial charge in [-0.15, -0.1) is 0 Å². The molecule has 1 aromatic rings. The molecule has 0 aliphatic rings. The summed E-state index contributed by atoms with van der Waals surface area (Å²) in [6.45, 7) is 13.1. The molecule has 0 saturated heterocycles. The number of hydrogen-bond acceptors (Lipinski definition) is 15. The summed E-state index contributed by atoms with van der Waals surface area (Å²) in [7, 11) is 0. The van der Waals surface area contributed by atoms with Crippen LogP contribution in [0.5, 0.6) is 0 Å². The first-order valence-corrected chi connectivity index (χ1v) is 27.2. The summed E-state index contributed by atoms with van der Waals surface area (Å²) in [5.74, 6) is -16.1. The van der Waals surface area contributed by atoms with Gasteiger partial charge in [0.25, 0.3) is 0 Å². The third-order valence-corrected chi connectivity index (χ3v) is 12.3. The van der Waals surface area contributed by atoms with Crippen LogP contribution in [0.2, 0.25) is 0 Å². The van der Waals surface area contributed by atoms with Crippen LogP contribution in [-0.4, -0.2) is 166 Å². The van der Waals surface area contributed by atoms with E-state index in [9.17, 15) is 77.6 Å². The van der Waals surface area contributed by atoms with E-state index in [1.165, 1.54) is 0 Å². The van der Waals surface area contributed by atoms with Gasteiger partial charge in [0, 0.05) is 19.4 Å². The maximum Gasteiger partial charge on any atom is 0.326 e. The topological polar surface area (TPSA) is 507 Å². The van der Waals surface area contributed by atoms with E-state index in [2.05, 4.69) is 52.8 Å². The molecule has 0 radical (unpaired) electrons. The van der Waals surface area contributed by atoms with E-state index in [4.69, 9.17) is 22.9 Å². The van der Waals surface area contributed by atoms with Crippen molar-refractivity contribution in [3.63, 3.8) is 0 Å². The number of nitrogens with zero attached hydrogens (tertiary/aromatic N) is 1. The predicted octanol–water partition coefficient (Wildman–Crippen LogP) is -3.30. The smallest absolute Gasteiger partial charge is 0.326 e. The van der Waals surface area contributed by atoms with Crippen LogP contribution in [0.1, 0.15) is 119 Å². The minimum atomic E-state index is -1.99. The van der Waals surface area contributed by atoms with Crippen molar-refractivity contribution in [2.24, 2.45) is 51.6 Å². The monoisotopic (exact) mass is 1170 g/mol. The van der Waals surface area contributed by atoms with Crippen LogP contribution in [0.4, 0.5) is 0 Å². The maximum atomic E-state index is 14.3. The molecule has 0 unspecified atom stereocenters. The lowest BCUT2D eigenvalue weighted by atomic mass is 9.99. The van der Waals surface area contributed by atoms with Crippen LogP contribution in [0.15, 0.2) is 35.3 Å². The molecule has 464 valence electrons. The summed E-state index contributed by atoms with van der Waals surface area (Å²) in [6.07, 6.45) is -3.47. The normalized spacial score (nSPS) is 14.4. The number of rotatable bonds is 39. The highest BCUT2D eigenvalue weighted by molar-refractivity contribution is 6.00. The number of carboxylic acid groups (broad SMARTS) is 3. The van der Waals surface area contributed by atoms with Crippen molar-refractivity contribution in [1.82, 2.24) is 47.9 Å². The second kappa shape index (κ2) is 36.8. The number of carboxylic acids is 3. The Morgan fingerprint density at radius 1 is 0.470 bits per heavy atom. The molecule has 30 heteroatoms. The van der Waals surface area contributed by atoms with E-state index in [0.717, 1.165) is 0 Å². The van der Waals surface area contributed by atoms with E-state index in [-0.39, 0.29) is 68.8 Å². The molecule has 0 aromatic heterocycles. The average Bonchev–Trinajstić information content (AvgIpc) is 3.39. The van der Waals surface area contributed by atoms with Crippen molar-refractivity contribution in [1.29, 1.82) is 0 Å². The zero-order chi connectivity index (χ0) is 63.3. The highest BCUT2D eigenvalue weighted by Gasteiger charge is 2.37. The van der Waals surface area contributed by atoms with Gasteiger partial charge < -0.3 is 86.1 Å². The van der Waals surface area contributed by atoms with Gasteiger partial charge in [0.1, 0.15) is 54.4 Å². The standard InChI is InChI=1S/C53H86N14O16/c1-26(2)19-33(59-40(69)25-54)46(76)61-32(16-17-39(55)68)44(74)65-37(23-41(70)71)51(81)64-36(22-30-13-10-9-11-14-30)49(79)66-38(24-42(72)73)50(80)63-35(21-28(5)6)48(78)62-34(20-27(3)4)47(77)60-31(15-12-18-58-53(56)57)45(75)67-43(29(7)8)52(82)83/h9-11,13-14,26-29,31-38,43H,12,15-25,54H2,1-8H3,(H2,55,68)(H,59,69)(H,60,77)(H,61,76)(H,62,78)(H,63,80)(H,64,81)(H,65,74)(H,66,79)(H,67,75)(H,70,71)(H,72,73)(H,82,83)(H4,56,57,58)/t31-,32-,33-,34-,35-,36-,37-,38-,43-/m0/s1. The maximum absolute atomic E-state index is 14.3. The number of aliphatic imine (C=N–C) groups is 1. The molecule has 1 aromatic carbocycles. The Labute approximate surface area is 481 Å². The summed E-state index contributed by atoms with van der Waals surface area (Å²) in [5.41, 5.74) is 22.0. The lowest BCUT2D eigenvalue weighted by Gasteiger charge is -2.29. The van der Waals surface area contributed by atoms with E-state index < -0.39 is 170 Å². The molecule has 0 spiro atoms. The lowest BCUT2D eigenvalue weighted by Crippen LogP contribution is -2.61. The Kier molecular flexibility index (Phi) is 32.2. The summed E-state index contributed by atoms with van der Waals surface area (Å²) in [5, 5.41) is 51.4. The Morgan fingerprint density at radius 2 is 0.831 bits per heavy atom. The predicted molar refractivity (Wildman–Crippen MR) is 300 cm³/mol. The Balaban J connectivity index is 3.67. The molecule has 9 atom stereocenters. The number of nitrogens with one attached hydrogen (secondary N) is 9. The summed E-state index contributed by atoms with van der Waals surface area (Å²) in [4.78, 5) is 176. The molecular weight excluding hydrogens is 1090 g/mol. The lowest BCUT2D eigenvalue weighted by molar-refractivity contribution is -0.144. The second-order valence-electron chi connectivity index (χ2n) is 21.5. The van der Waals surface area contributed by atoms with Crippen molar-refractivity contribution < 1.29 is 77.6 Å². The third-order valence-electron chi connectivity index (χ3n) is 12.3. The number of amides is 10. The van der Waals surface area contributed by atoms with Crippen LogP contribution in [0, 0.1) is 23.7 Å². The Bertz CT molecular complexity index is 2440. The average molecular weight is 1180 g/mol. The molecule has 1 rings (SSSR count). The van der Waals surface area contributed by atoms with Crippen LogP contribution < -0.4 is 70.8 Å².